The summed E-state index contributed by atoms with van der Waals surface area (Å²) in [5.41, 5.74) is 0. The van der Waals surface area contributed by atoms with Crippen molar-refractivity contribution in [1.82, 2.24) is 14.7 Å². The van der Waals surface area contributed by atoms with Crippen molar-refractivity contribution in [1.29, 1.82) is 0 Å². The summed E-state index contributed by atoms with van der Waals surface area (Å²) in [5, 5.41) is 0. The molecule has 6 nitrogen and oxygen atoms in total. The maximum absolute atomic E-state index is 12.0. The van der Waals surface area contributed by atoms with Crippen molar-refractivity contribution in [3.63, 3.8) is 0 Å². The number of likely N-dealkylation sites (N-methyl/N-ethyl adjacent to an activating group) is 1. The molecular formula is C11H26Cl2N4O2. The van der Waals surface area contributed by atoms with E-state index in [1.165, 1.54) is 0 Å². The van der Waals surface area contributed by atoms with Crippen molar-refractivity contribution in [3.05, 3.63) is 0 Å². The number of hydrogen-bond donors (Lipinski definition) is 0. The van der Waals surface area contributed by atoms with Crippen LogP contribution in [0.15, 0.2) is 4.99 Å². The topological polar surface area (TPSA) is 70.7 Å². The summed E-state index contributed by atoms with van der Waals surface area (Å²) in [5.74, 6) is 0.945. The van der Waals surface area contributed by atoms with Gasteiger partial charge in [-0.25, -0.2) is 4.79 Å². The van der Waals surface area contributed by atoms with Crippen molar-refractivity contribution >= 4 is 36.7 Å². The van der Waals surface area contributed by atoms with Gasteiger partial charge in [0.05, 0.1) is 0 Å². The number of amides is 2. The summed E-state index contributed by atoms with van der Waals surface area (Å²) in [6.07, 6.45) is 1.99. The zero-order valence-corrected chi connectivity index (χ0v) is 13.7. The molecule has 0 radical (unpaired) electrons. The van der Waals surface area contributed by atoms with Gasteiger partial charge < -0.3 is 15.3 Å². The summed E-state index contributed by atoms with van der Waals surface area (Å²) in [4.78, 5) is 21.9. The van der Waals surface area contributed by atoms with Crippen LogP contribution >= 0.6 is 24.8 Å². The fourth-order valence-corrected chi connectivity index (χ4v) is 1.62. The van der Waals surface area contributed by atoms with Crippen molar-refractivity contribution in [3.8, 4) is 0 Å². The first kappa shape index (κ1) is 23.5. The first-order valence-electron chi connectivity index (χ1n) is 5.69. The number of carbonyl (C=O) groups excluding carboxylic acids is 1. The van der Waals surface area contributed by atoms with E-state index in [-0.39, 0.29) is 36.3 Å². The van der Waals surface area contributed by atoms with Crippen LogP contribution in [-0.4, -0.2) is 79.9 Å². The second-order valence-corrected chi connectivity index (χ2v) is 4.53. The molecule has 2 N–H and O–H groups in total. The van der Waals surface area contributed by atoms with Gasteiger partial charge in [-0.2, -0.15) is 0 Å². The Bertz CT molecular complexity index is 286. The smallest absolute Gasteiger partial charge is 0.324 e. The molecule has 0 saturated heterocycles. The predicted octanol–water partition coefficient (Wildman–Crippen LogP) is 0.743. The lowest BCUT2D eigenvalue weighted by molar-refractivity contribution is 0.190. The lowest BCUT2D eigenvalue weighted by Gasteiger charge is -2.27. The van der Waals surface area contributed by atoms with E-state index < -0.39 is 0 Å². The largest absolute Gasteiger partial charge is 0.412 e. The third kappa shape index (κ3) is 7.57. The minimum Gasteiger partial charge on any atom is -0.412 e. The fraction of sp³-hybridized carbons (Fsp3) is 0.818. The van der Waals surface area contributed by atoms with E-state index in [0.29, 0.717) is 6.54 Å². The SMILES string of the molecule is CN(C)CCN(C(=O)N(C)C)C1=NCCC1.Cl.Cl.O. The third-order valence-electron chi connectivity index (χ3n) is 2.55. The molecule has 0 unspecified atom stereocenters. The van der Waals surface area contributed by atoms with Gasteiger partial charge in [-0.05, 0) is 20.5 Å². The number of carbonyl (C=O) groups is 1. The maximum atomic E-state index is 12.0. The molecule has 1 rings (SSSR count). The highest BCUT2D eigenvalue weighted by atomic mass is 35.5. The van der Waals surface area contributed by atoms with Crippen molar-refractivity contribution in [2.75, 3.05) is 47.8 Å². The van der Waals surface area contributed by atoms with E-state index in [2.05, 4.69) is 9.89 Å². The minimum absolute atomic E-state index is 0. The summed E-state index contributed by atoms with van der Waals surface area (Å²) in [6, 6.07) is 0.0301. The molecule has 0 spiro atoms. The molecule has 1 heterocycles. The molecule has 0 aromatic heterocycles. The zero-order valence-electron chi connectivity index (χ0n) is 12.0. The van der Waals surface area contributed by atoms with Gasteiger partial charge in [-0.3, -0.25) is 9.89 Å². The lowest BCUT2D eigenvalue weighted by atomic mass is 10.3. The molecular weight excluding hydrogens is 291 g/mol. The Morgan fingerprint density at radius 2 is 1.74 bits per heavy atom. The van der Waals surface area contributed by atoms with Crippen molar-refractivity contribution in [2.24, 2.45) is 4.99 Å². The quantitative estimate of drug-likeness (QED) is 0.770. The Hall–Kier alpha value is -0.560. The van der Waals surface area contributed by atoms with Crippen LogP contribution in [0.5, 0.6) is 0 Å². The normalized spacial score (nSPS) is 12.8. The second kappa shape index (κ2) is 11.3. The van der Waals surface area contributed by atoms with Gasteiger partial charge in [0.1, 0.15) is 5.84 Å². The van der Waals surface area contributed by atoms with E-state index in [9.17, 15) is 4.79 Å². The van der Waals surface area contributed by atoms with Crippen LogP contribution in [0.2, 0.25) is 0 Å². The highest BCUT2D eigenvalue weighted by molar-refractivity contribution is 5.98. The van der Waals surface area contributed by atoms with Crippen LogP contribution in [0, 0.1) is 0 Å². The van der Waals surface area contributed by atoms with Crippen LogP contribution in [0.3, 0.4) is 0 Å². The number of halogens is 2. The molecule has 0 aromatic carbocycles. The first-order chi connectivity index (χ1) is 7.52. The van der Waals surface area contributed by atoms with Gasteiger partial charge in [0.25, 0.3) is 0 Å². The highest BCUT2D eigenvalue weighted by Gasteiger charge is 2.22. The minimum atomic E-state index is 0. The number of nitrogens with zero attached hydrogens (tertiary/aromatic N) is 4. The number of rotatable bonds is 3. The Morgan fingerprint density at radius 3 is 2.11 bits per heavy atom. The maximum Gasteiger partial charge on any atom is 0.324 e. The summed E-state index contributed by atoms with van der Waals surface area (Å²) in [7, 11) is 7.57. The summed E-state index contributed by atoms with van der Waals surface area (Å²) >= 11 is 0. The van der Waals surface area contributed by atoms with Gasteiger partial charge in [-0.15, -0.1) is 24.8 Å². The van der Waals surface area contributed by atoms with E-state index in [4.69, 9.17) is 0 Å². The molecule has 116 valence electrons. The predicted molar refractivity (Wildman–Crippen MR) is 84.0 cm³/mol. The van der Waals surface area contributed by atoms with E-state index in [1.807, 2.05) is 14.1 Å². The van der Waals surface area contributed by atoms with Gasteiger partial charge in [0.15, 0.2) is 0 Å². The van der Waals surface area contributed by atoms with Gasteiger partial charge >= 0.3 is 6.03 Å². The average molecular weight is 317 g/mol. The number of amidine groups is 1. The van der Waals surface area contributed by atoms with E-state index >= 15 is 0 Å². The highest BCUT2D eigenvalue weighted by Crippen LogP contribution is 2.10. The number of aliphatic imine (C=N–C) groups is 1. The monoisotopic (exact) mass is 316 g/mol. The molecule has 2 amide bonds. The molecule has 1 aliphatic rings. The fourth-order valence-electron chi connectivity index (χ4n) is 1.62. The van der Waals surface area contributed by atoms with E-state index in [0.717, 1.165) is 31.8 Å². The van der Waals surface area contributed by atoms with Gasteiger partial charge in [0.2, 0.25) is 0 Å². The Kier molecular flexibility index (Phi) is 14.0. The van der Waals surface area contributed by atoms with E-state index in [1.54, 1.807) is 23.9 Å². The number of hydrogen-bond acceptors (Lipinski definition) is 3. The van der Waals surface area contributed by atoms with Crippen LogP contribution in [0.4, 0.5) is 4.79 Å². The summed E-state index contributed by atoms with van der Waals surface area (Å²) in [6.45, 7) is 2.43. The van der Waals surface area contributed by atoms with Crippen LogP contribution in [0.25, 0.3) is 0 Å². The van der Waals surface area contributed by atoms with Crippen LogP contribution in [-0.2, 0) is 0 Å². The molecule has 0 aromatic rings. The molecule has 0 atom stereocenters. The molecule has 0 fully saturated rings. The Balaban J connectivity index is -0.000000853. The standard InChI is InChI=1S/C11H22N4O.2ClH.H2O/c1-13(2)8-9-15(11(16)14(3)4)10-6-5-7-12-10;;;/h5-9H2,1-4H3;2*1H;1H2. The first-order valence-corrected chi connectivity index (χ1v) is 5.69. The molecule has 19 heavy (non-hydrogen) atoms. The molecule has 1 aliphatic heterocycles. The summed E-state index contributed by atoms with van der Waals surface area (Å²) < 4.78 is 0. The second-order valence-electron chi connectivity index (χ2n) is 4.53. The van der Waals surface area contributed by atoms with Crippen LogP contribution < -0.4 is 0 Å². The average Bonchev–Trinajstić information content (AvgIpc) is 2.70. The van der Waals surface area contributed by atoms with Crippen LogP contribution in [0.1, 0.15) is 12.8 Å². The van der Waals surface area contributed by atoms with Crippen molar-refractivity contribution in [2.45, 2.75) is 12.8 Å². The molecule has 8 heteroatoms. The van der Waals surface area contributed by atoms with Gasteiger partial charge in [0, 0.05) is 40.2 Å². The number of urea groups is 1. The van der Waals surface area contributed by atoms with Crippen molar-refractivity contribution < 1.29 is 10.3 Å². The zero-order chi connectivity index (χ0) is 12.1. The molecule has 0 bridgehead atoms. The Labute approximate surface area is 128 Å². The molecule has 0 saturated carbocycles. The Morgan fingerprint density at radius 1 is 1.16 bits per heavy atom. The lowest BCUT2D eigenvalue weighted by Crippen LogP contribution is -2.45. The molecule has 0 aliphatic carbocycles. The van der Waals surface area contributed by atoms with Gasteiger partial charge in [-0.1, -0.05) is 0 Å². The third-order valence-corrected chi connectivity index (χ3v) is 2.55.